The summed E-state index contributed by atoms with van der Waals surface area (Å²) in [4.78, 5) is 22.6. The molecule has 2 N–H and O–H groups in total. The van der Waals surface area contributed by atoms with Crippen molar-refractivity contribution >= 4 is 23.4 Å². The van der Waals surface area contributed by atoms with Gasteiger partial charge in [-0.25, -0.2) is 4.98 Å². The maximum absolute atomic E-state index is 10.8. The molecule has 2 aromatic rings. The van der Waals surface area contributed by atoms with Crippen molar-refractivity contribution in [1.29, 1.82) is 0 Å². The summed E-state index contributed by atoms with van der Waals surface area (Å²) in [6.07, 6.45) is 1.82. The normalized spacial score (nSPS) is 10.4. The van der Waals surface area contributed by atoms with Crippen molar-refractivity contribution in [3.05, 3.63) is 33.9 Å². The summed E-state index contributed by atoms with van der Waals surface area (Å²) < 4.78 is 0. The highest BCUT2D eigenvalue weighted by molar-refractivity contribution is 7.98. The highest BCUT2D eigenvalue weighted by atomic mass is 32.2. The fourth-order valence-electron chi connectivity index (χ4n) is 1.55. The molecule has 0 fully saturated rings. The van der Waals surface area contributed by atoms with Gasteiger partial charge in [0.2, 0.25) is 5.95 Å². The maximum atomic E-state index is 10.8. The molecule has 0 aliphatic carbocycles. The average Bonchev–Trinajstić information content (AvgIpc) is 2.38. The van der Waals surface area contributed by atoms with Gasteiger partial charge in [-0.1, -0.05) is 17.8 Å². The number of hydrogen-bond donors (Lipinski definition) is 1. The molecule has 7 nitrogen and oxygen atoms in total. The molecule has 0 aliphatic heterocycles. The lowest BCUT2D eigenvalue weighted by Gasteiger charge is -2.06. The first-order valence-electron chi connectivity index (χ1n) is 5.32. The summed E-state index contributed by atoms with van der Waals surface area (Å²) in [5, 5.41) is 11.3. The maximum Gasteiger partial charge on any atom is 0.270 e. The van der Waals surface area contributed by atoms with E-state index in [1.54, 1.807) is 6.07 Å². The van der Waals surface area contributed by atoms with Gasteiger partial charge in [0.05, 0.1) is 4.92 Å². The molecule has 1 aromatic heterocycles. The van der Waals surface area contributed by atoms with Gasteiger partial charge < -0.3 is 5.73 Å². The zero-order valence-electron chi connectivity index (χ0n) is 10.3. The number of hydrogen-bond acceptors (Lipinski definition) is 7. The molecule has 8 heteroatoms. The lowest BCUT2D eigenvalue weighted by atomic mass is 10.1. The Balaban J connectivity index is 2.60. The number of aromatic nitrogens is 3. The van der Waals surface area contributed by atoms with Crippen LogP contribution in [-0.2, 0) is 0 Å². The Bertz CT molecular complexity index is 647. The van der Waals surface area contributed by atoms with Crippen LogP contribution in [0.4, 0.5) is 11.6 Å². The van der Waals surface area contributed by atoms with E-state index in [4.69, 9.17) is 5.73 Å². The van der Waals surface area contributed by atoms with Gasteiger partial charge in [-0.2, -0.15) is 9.97 Å². The van der Waals surface area contributed by atoms with Crippen molar-refractivity contribution in [2.75, 3.05) is 12.0 Å². The van der Waals surface area contributed by atoms with Crippen LogP contribution in [0.15, 0.2) is 23.4 Å². The number of nitro benzene ring substituents is 1. The smallest absolute Gasteiger partial charge is 0.270 e. The molecule has 0 amide bonds. The number of non-ortho nitro benzene ring substituents is 1. The van der Waals surface area contributed by atoms with E-state index in [1.165, 1.54) is 23.9 Å². The summed E-state index contributed by atoms with van der Waals surface area (Å²) in [5.41, 5.74) is 7.02. The minimum atomic E-state index is -0.455. The number of aryl methyl sites for hydroxylation is 1. The van der Waals surface area contributed by atoms with Gasteiger partial charge >= 0.3 is 0 Å². The molecule has 0 bridgehead atoms. The van der Waals surface area contributed by atoms with Crippen LogP contribution in [0.2, 0.25) is 0 Å². The van der Waals surface area contributed by atoms with Crippen molar-refractivity contribution < 1.29 is 4.92 Å². The van der Waals surface area contributed by atoms with Gasteiger partial charge in [0.25, 0.3) is 5.69 Å². The summed E-state index contributed by atoms with van der Waals surface area (Å²) in [7, 11) is 0. The summed E-state index contributed by atoms with van der Waals surface area (Å²) in [5.74, 6) is 0.443. The second-order valence-corrected chi connectivity index (χ2v) is 4.53. The third kappa shape index (κ3) is 2.79. The van der Waals surface area contributed by atoms with Gasteiger partial charge in [0.1, 0.15) is 0 Å². The van der Waals surface area contributed by atoms with Gasteiger partial charge in [-0.3, -0.25) is 10.1 Å². The van der Waals surface area contributed by atoms with Gasteiger partial charge in [0, 0.05) is 17.7 Å². The zero-order valence-corrected chi connectivity index (χ0v) is 11.1. The molecule has 19 heavy (non-hydrogen) atoms. The molecule has 1 aromatic carbocycles. The summed E-state index contributed by atoms with van der Waals surface area (Å²) >= 11 is 1.33. The second kappa shape index (κ2) is 5.19. The molecule has 0 saturated heterocycles. The van der Waals surface area contributed by atoms with E-state index in [2.05, 4.69) is 15.0 Å². The predicted octanol–water partition coefficient (Wildman–Crippen LogP) is 2.06. The standard InChI is InChI=1S/C11H11N5O2S/c1-6-3-4-7(16(17)18)5-8(6)9-13-10(12)15-11(14-9)19-2/h3-5H,1-2H3,(H2,12,13,14,15). The van der Waals surface area contributed by atoms with E-state index in [1.807, 2.05) is 13.2 Å². The van der Waals surface area contributed by atoms with Gasteiger partial charge in [-0.15, -0.1) is 0 Å². The molecule has 0 saturated carbocycles. The highest BCUT2D eigenvalue weighted by Crippen LogP contribution is 2.26. The van der Waals surface area contributed by atoms with Crippen molar-refractivity contribution in [3.8, 4) is 11.4 Å². The SMILES string of the molecule is CSc1nc(N)nc(-c2cc([N+](=O)[O-])ccc2C)n1. The van der Waals surface area contributed by atoms with E-state index < -0.39 is 4.92 Å². The molecule has 0 aliphatic rings. The summed E-state index contributed by atoms with van der Waals surface area (Å²) in [6.45, 7) is 1.83. The lowest BCUT2D eigenvalue weighted by Crippen LogP contribution is -2.02. The molecule has 1 heterocycles. The largest absolute Gasteiger partial charge is 0.368 e. The fourth-order valence-corrected chi connectivity index (χ4v) is 1.91. The van der Waals surface area contributed by atoms with Crippen LogP contribution in [0.3, 0.4) is 0 Å². The van der Waals surface area contributed by atoms with Crippen LogP contribution >= 0.6 is 11.8 Å². The van der Waals surface area contributed by atoms with Crippen molar-refractivity contribution in [2.24, 2.45) is 0 Å². The van der Waals surface area contributed by atoms with Gasteiger partial charge in [0.15, 0.2) is 11.0 Å². The molecule has 2 rings (SSSR count). The first kappa shape index (κ1) is 13.2. The molecule has 0 unspecified atom stereocenters. The Morgan fingerprint density at radius 3 is 2.68 bits per heavy atom. The first-order chi connectivity index (χ1) is 9.01. The molecular formula is C11H11N5O2S. The lowest BCUT2D eigenvalue weighted by molar-refractivity contribution is -0.384. The third-order valence-corrected chi connectivity index (χ3v) is 3.04. The molecular weight excluding hydrogens is 266 g/mol. The Morgan fingerprint density at radius 2 is 2.05 bits per heavy atom. The van der Waals surface area contributed by atoms with Gasteiger partial charge in [-0.05, 0) is 18.7 Å². The van der Waals surface area contributed by atoms with E-state index in [9.17, 15) is 10.1 Å². The minimum absolute atomic E-state index is 0.00900. The van der Waals surface area contributed by atoms with Crippen LogP contribution in [0.1, 0.15) is 5.56 Å². The quantitative estimate of drug-likeness (QED) is 0.519. The predicted molar refractivity (Wildman–Crippen MR) is 72.8 cm³/mol. The topological polar surface area (TPSA) is 108 Å². The van der Waals surface area contributed by atoms with Crippen LogP contribution in [0, 0.1) is 17.0 Å². The number of nitro groups is 1. The Labute approximate surface area is 113 Å². The Hall–Kier alpha value is -2.22. The van der Waals surface area contributed by atoms with Crippen molar-refractivity contribution in [2.45, 2.75) is 12.1 Å². The number of nitrogen functional groups attached to an aromatic ring is 1. The second-order valence-electron chi connectivity index (χ2n) is 3.76. The van der Waals surface area contributed by atoms with Crippen molar-refractivity contribution in [1.82, 2.24) is 15.0 Å². The fraction of sp³-hybridized carbons (Fsp3) is 0.182. The number of benzene rings is 1. The highest BCUT2D eigenvalue weighted by Gasteiger charge is 2.13. The van der Waals surface area contributed by atoms with Crippen LogP contribution < -0.4 is 5.73 Å². The Morgan fingerprint density at radius 1 is 1.32 bits per heavy atom. The number of thioether (sulfide) groups is 1. The van der Waals surface area contributed by atoms with Crippen LogP contribution in [-0.4, -0.2) is 26.1 Å². The summed E-state index contributed by atoms with van der Waals surface area (Å²) in [6, 6.07) is 4.54. The number of anilines is 1. The molecule has 0 radical (unpaired) electrons. The first-order valence-corrected chi connectivity index (χ1v) is 6.54. The molecule has 0 atom stereocenters. The number of rotatable bonds is 3. The molecule has 98 valence electrons. The van der Waals surface area contributed by atoms with Crippen LogP contribution in [0.25, 0.3) is 11.4 Å². The van der Waals surface area contributed by atoms with E-state index in [-0.39, 0.29) is 11.6 Å². The van der Waals surface area contributed by atoms with E-state index >= 15 is 0 Å². The molecule has 0 spiro atoms. The van der Waals surface area contributed by atoms with Crippen LogP contribution in [0.5, 0.6) is 0 Å². The van der Waals surface area contributed by atoms with Crippen molar-refractivity contribution in [3.63, 3.8) is 0 Å². The number of nitrogens with two attached hydrogens (primary N) is 1. The van der Waals surface area contributed by atoms with E-state index in [0.29, 0.717) is 16.5 Å². The number of nitrogens with zero attached hydrogens (tertiary/aromatic N) is 4. The monoisotopic (exact) mass is 277 g/mol. The van der Waals surface area contributed by atoms with E-state index in [0.717, 1.165) is 5.56 Å². The zero-order chi connectivity index (χ0) is 14.0. The Kier molecular flexibility index (Phi) is 3.61. The third-order valence-electron chi connectivity index (χ3n) is 2.49. The average molecular weight is 277 g/mol. The minimum Gasteiger partial charge on any atom is -0.368 e.